The summed E-state index contributed by atoms with van der Waals surface area (Å²) in [6.45, 7) is 7.04. The van der Waals surface area contributed by atoms with E-state index in [-0.39, 0.29) is 6.09 Å². The third kappa shape index (κ3) is 6.76. The van der Waals surface area contributed by atoms with Gasteiger partial charge in [-0.2, -0.15) is 0 Å². The lowest BCUT2D eigenvalue weighted by molar-refractivity contribution is 0.0523. The van der Waals surface area contributed by atoms with Gasteiger partial charge < -0.3 is 15.4 Å². The summed E-state index contributed by atoms with van der Waals surface area (Å²) in [5.74, 6) is 0.712. The first-order valence-electron chi connectivity index (χ1n) is 8.37. The van der Waals surface area contributed by atoms with Crippen molar-refractivity contribution in [2.24, 2.45) is 5.92 Å². The van der Waals surface area contributed by atoms with Crippen LogP contribution >= 0.6 is 0 Å². The van der Waals surface area contributed by atoms with E-state index in [1.165, 1.54) is 12.8 Å². The fourth-order valence-electron chi connectivity index (χ4n) is 2.58. The molecule has 0 bridgehead atoms. The van der Waals surface area contributed by atoms with E-state index in [9.17, 15) is 4.79 Å². The number of hydrogen-bond acceptors (Lipinski definition) is 3. The molecular formula is C19H28N2O2. The number of nitrogens with one attached hydrogen (secondary N) is 2. The number of allylic oxidation sites excluding steroid dienone is 2. The molecule has 0 saturated heterocycles. The zero-order valence-corrected chi connectivity index (χ0v) is 14.4. The summed E-state index contributed by atoms with van der Waals surface area (Å²) in [7, 11) is 0. The topological polar surface area (TPSA) is 50.4 Å². The lowest BCUT2D eigenvalue weighted by Gasteiger charge is -2.20. The summed E-state index contributed by atoms with van der Waals surface area (Å²) in [6, 6.07) is 8.16. The van der Waals surface area contributed by atoms with Crippen molar-refractivity contribution in [2.45, 2.75) is 52.2 Å². The maximum Gasteiger partial charge on any atom is 0.407 e. The van der Waals surface area contributed by atoms with Crippen molar-refractivity contribution in [3.63, 3.8) is 0 Å². The Hall–Kier alpha value is -1.97. The van der Waals surface area contributed by atoms with Crippen molar-refractivity contribution >= 4 is 11.8 Å². The molecular weight excluding hydrogens is 288 g/mol. The molecule has 0 spiro atoms. The number of rotatable bonds is 5. The first-order chi connectivity index (χ1) is 10.9. The number of carbonyl (C=O) groups is 1. The van der Waals surface area contributed by atoms with Crippen LogP contribution in [0.2, 0.25) is 0 Å². The quantitative estimate of drug-likeness (QED) is 0.787. The Morgan fingerprint density at radius 3 is 2.83 bits per heavy atom. The molecule has 1 amide bonds. The van der Waals surface area contributed by atoms with Gasteiger partial charge in [-0.3, -0.25) is 0 Å². The van der Waals surface area contributed by atoms with Crippen molar-refractivity contribution in [3.8, 4) is 0 Å². The normalized spacial score (nSPS) is 17.6. The van der Waals surface area contributed by atoms with Gasteiger partial charge in [-0.05, 0) is 63.6 Å². The molecule has 1 aromatic carbocycles. The molecule has 1 aliphatic rings. The van der Waals surface area contributed by atoms with Crippen LogP contribution in [0.3, 0.4) is 0 Å². The summed E-state index contributed by atoms with van der Waals surface area (Å²) >= 11 is 0. The molecule has 4 heteroatoms. The van der Waals surface area contributed by atoms with E-state index in [0.29, 0.717) is 12.5 Å². The van der Waals surface area contributed by atoms with E-state index in [1.807, 2.05) is 32.9 Å². The van der Waals surface area contributed by atoms with Crippen molar-refractivity contribution < 1.29 is 9.53 Å². The van der Waals surface area contributed by atoms with Gasteiger partial charge in [0, 0.05) is 18.8 Å². The summed E-state index contributed by atoms with van der Waals surface area (Å²) in [6.07, 6.45) is 7.75. The third-order valence-electron chi connectivity index (χ3n) is 3.74. The Kier molecular flexibility index (Phi) is 6.08. The zero-order valence-electron chi connectivity index (χ0n) is 14.4. The first-order valence-corrected chi connectivity index (χ1v) is 8.37. The molecule has 23 heavy (non-hydrogen) atoms. The summed E-state index contributed by atoms with van der Waals surface area (Å²) in [5, 5.41) is 6.29. The van der Waals surface area contributed by atoms with Crippen molar-refractivity contribution in [2.75, 3.05) is 11.9 Å². The fourth-order valence-corrected chi connectivity index (χ4v) is 2.58. The number of hydrogen-bond donors (Lipinski definition) is 2. The average molecular weight is 316 g/mol. The fraction of sp³-hybridized carbons (Fsp3) is 0.526. The van der Waals surface area contributed by atoms with E-state index in [4.69, 9.17) is 4.74 Å². The Bertz CT molecular complexity index is 547. The minimum absolute atomic E-state index is 0.384. The van der Waals surface area contributed by atoms with Gasteiger partial charge in [0.25, 0.3) is 0 Å². The average Bonchev–Trinajstić information content (AvgIpc) is 2.51. The van der Waals surface area contributed by atoms with Gasteiger partial charge in [0.1, 0.15) is 5.60 Å². The molecule has 1 atom stereocenters. The number of anilines is 1. The Balaban J connectivity index is 1.80. The van der Waals surface area contributed by atoms with E-state index < -0.39 is 5.60 Å². The second-order valence-electron chi connectivity index (χ2n) is 7.09. The van der Waals surface area contributed by atoms with Crippen LogP contribution in [0.25, 0.3) is 0 Å². The first kappa shape index (κ1) is 17.4. The summed E-state index contributed by atoms with van der Waals surface area (Å²) in [4.78, 5) is 11.7. The van der Waals surface area contributed by atoms with Gasteiger partial charge >= 0.3 is 6.09 Å². The predicted molar refractivity (Wildman–Crippen MR) is 94.5 cm³/mol. The molecule has 0 fully saturated rings. The van der Waals surface area contributed by atoms with Crippen molar-refractivity contribution in [1.29, 1.82) is 0 Å². The second-order valence-corrected chi connectivity index (χ2v) is 7.09. The molecule has 0 saturated carbocycles. The molecule has 0 heterocycles. The van der Waals surface area contributed by atoms with Gasteiger partial charge in [-0.25, -0.2) is 4.79 Å². The van der Waals surface area contributed by atoms with Crippen molar-refractivity contribution in [1.82, 2.24) is 5.32 Å². The zero-order chi connectivity index (χ0) is 16.7. The third-order valence-corrected chi connectivity index (χ3v) is 3.74. The van der Waals surface area contributed by atoms with Gasteiger partial charge in [0.15, 0.2) is 0 Å². The second kappa shape index (κ2) is 8.04. The molecule has 1 aromatic rings. The lowest BCUT2D eigenvalue weighted by Crippen LogP contribution is -2.32. The van der Waals surface area contributed by atoms with Crippen molar-refractivity contribution in [3.05, 3.63) is 42.0 Å². The minimum Gasteiger partial charge on any atom is -0.444 e. The van der Waals surface area contributed by atoms with Crippen LogP contribution in [-0.2, 0) is 11.3 Å². The highest BCUT2D eigenvalue weighted by molar-refractivity contribution is 5.67. The maximum absolute atomic E-state index is 11.7. The van der Waals surface area contributed by atoms with Gasteiger partial charge in [0.05, 0.1) is 0 Å². The Labute approximate surface area is 139 Å². The molecule has 2 N–H and O–H groups in total. The highest BCUT2D eigenvalue weighted by Gasteiger charge is 2.15. The maximum atomic E-state index is 11.7. The smallest absolute Gasteiger partial charge is 0.407 e. The molecule has 0 aliphatic heterocycles. The number of amides is 1. The Morgan fingerprint density at radius 1 is 1.30 bits per heavy atom. The standard InChI is InChI=1S/C19H28N2O2/c1-19(2,3)23-18(22)21-14-16-10-7-11-17(12-16)20-13-15-8-5-4-6-9-15/h4-5,7,10-12,15,20H,6,8-9,13-14H2,1-3H3,(H,21,22). The molecule has 4 nitrogen and oxygen atoms in total. The number of alkyl carbamates (subject to hydrolysis) is 1. The molecule has 2 rings (SSSR count). The van der Waals surface area contributed by atoms with E-state index in [0.717, 1.165) is 24.2 Å². The van der Waals surface area contributed by atoms with E-state index >= 15 is 0 Å². The highest BCUT2D eigenvalue weighted by atomic mass is 16.6. The van der Waals surface area contributed by atoms with Crippen LogP contribution in [0, 0.1) is 5.92 Å². The number of ether oxygens (including phenoxy) is 1. The van der Waals surface area contributed by atoms with E-state index in [1.54, 1.807) is 0 Å². The Morgan fingerprint density at radius 2 is 2.13 bits per heavy atom. The van der Waals surface area contributed by atoms with Gasteiger partial charge in [-0.1, -0.05) is 24.3 Å². The van der Waals surface area contributed by atoms with Gasteiger partial charge in [-0.15, -0.1) is 0 Å². The van der Waals surface area contributed by atoms with Crippen LogP contribution in [0.1, 0.15) is 45.6 Å². The molecule has 1 unspecified atom stereocenters. The lowest BCUT2D eigenvalue weighted by atomic mass is 9.94. The summed E-state index contributed by atoms with van der Waals surface area (Å²) in [5.41, 5.74) is 1.69. The monoisotopic (exact) mass is 316 g/mol. The van der Waals surface area contributed by atoms with Crippen LogP contribution in [0.15, 0.2) is 36.4 Å². The predicted octanol–water partition coefficient (Wildman–Crippen LogP) is 4.48. The highest BCUT2D eigenvalue weighted by Crippen LogP contribution is 2.19. The van der Waals surface area contributed by atoms with Crippen LogP contribution in [0.4, 0.5) is 10.5 Å². The SMILES string of the molecule is CC(C)(C)OC(=O)NCc1cccc(NCC2CC=CCC2)c1. The minimum atomic E-state index is -0.470. The van der Waals surface area contributed by atoms with E-state index in [2.05, 4.69) is 34.9 Å². The number of carbonyl (C=O) groups excluding carboxylic acids is 1. The molecule has 1 aliphatic carbocycles. The van der Waals surface area contributed by atoms with Crippen LogP contribution in [0.5, 0.6) is 0 Å². The van der Waals surface area contributed by atoms with Gasteiger partial charge in [0.2, 0.25) is 0 Å². The summed E-state index contributed by atoms with van der Waals surface area (Å²) < 4.78 is 5.24. The molecule has 0 aromatic heterocycles. The molecule has 0 radical (unpaired) electrons. The molecule has 126 valence electrons. The number of benzene rings is 1. The van der Waals surface area contributed by atoms with Crippen LogP contribution in [-0.4, -0.2) is 18.2 Å². The van der Waals surface area contributed by atoms with Crippen LogP contribution < -0.4 is 10.6 Å². The largest absolute Gasteiger partial charge is 0.444 e.